The second kappa shape index (κ2) is 6.33. The molecule has 0 fully saturated rings. The lowest BCUT2D eigenvalue weighted by molar-refractivity contribution is 0.0951. The van der Waals surface area contributed by atoms with Gasteiger partial charge >= 0.3 is 0 Å². The lowest BCUT2D eigenvalue weighted by Crippen LogP contribution is -2.25. The van der Waals surface area contributed by atoms with E-state index < -0.39 is 5.91 Å². The number of nitrogens with zero attached hydrogens (tertiary/aromatic N) is 3. The number of aromatic hydroxyl groups is 1. The van der Waals surface area contributed by atoms with Crippen molar-refractivity contribution in [2.75, 3.05) is 7.11 Å². The van der Waals surface area contributed by atoms with Crippen LogP contribution in [0.2, 0.25) is 0 Å². The molecule has 0 aliphatic heterocycles. The van der Waals surface area contributed by atoms with E-state index in [0.717, 1.165) is 0 Å². The Bertz CT molecular complexity index is 673. The van der Waals surface area contributed by atoms with Crippen molar-refractivity contribution in [1.29, 1.82) is 0 Å². The molecule has 1 amide bonds. The Morgan fingerprint density at radius 1 is 1.33 bits per heavy atom. The maximum atomic E-state index is 11.9. The van der Waals surface area contributed by atoms with E-state index >= 15 is 0 Å². The average molecular weight is 287 g/mol. The minimum absolute atomic E-state index is 0.0138. The van der Waals surface area contributed by atoms with Crippen LogP contribution in [0.4, 0.5) is 0 Å². The number of nitrogens with two attached hydrogens (primary N) is 1. The highest BCUT2D eigenvalue weighted by molar-refractivity contribution is 5.99. The number of carbonyl (C=O) groups excluding carboxylic acids is 1. The van der Waals surface area contributed by atoms with Crippen molar-refractivity contribution < 1.29 is 14.6 Å². The van der Waals surface area contributed by atoms with Gasteiger partial charge in [0.2, 0.25) is 0 Å². The summed E-state index contributed by atoms with van der Waals surface area (Å²) in [5, 5.41) is 13.5. The molecule has 108 valence electrons. The van der Waals surface area contributed by atoms with Crippen LogP contribution < -0.4 is 15.9 Å². The Labute approximate surface area is 120 Å². The fourth-order valence-electron chi connectivity index (χ4n) is 1.52. The van der Waals surface area contributed by atoms with E-state index in [2.05, 4.69) is 20.5 Å². The second-order valence-corrected chi connectivity index (χ2v) is 3.87. The molecule has 0 atom stereocenters. The van der Waals surface area contributed by atoms with Crippen LogP contribution in [-0.2, 0) is 0 Å². The summed E-state index contributed by atoms with van der Waals surface area (Å²) in [6, 6.07) is 6.16. The molecular formula is C13H13N5O3. The summed E-state index contributed by atoms with van der Waals surface area (Å²) in [5.74, 6) is -0.586. The summed E-state index contributed by atoms with van der Waals surface area (Å²) < 4.78 is 4.92. The number of amides is 1. The van der Waals surface area contributed by atoms with Crippen molar-refractivity contribution in [2.45, 2.75) is 0 Å². The molecule has 8 heteroatoms. The van der Waals surface area contributed by atoms with E-state index in [1.165, 1.54) is 31.6 Å². The Morgan fingerprint density at radius 2 is 2.05 bits per heavy atom. The zero-order chi connectivity index (χ0) is 15.2. The lowest BCUT2D eigenvalue weighted by Gasteiger charge is -2.07. The second-order valence-electron chi connectivity index (χ2n) is 3.87. The first-order valence-electron chi connectivity index (χ1n) is 5.90. The zero-order valence-corrected chi connectivity index (χ0v) is 11.1. The molecule has 1 heterocycles. The number of phenolic OH excluding ortho intramolecular Hbond substituents is 1. The standard InChI is InChI=1S/C13H13N5O3/c1-21-9-5-2-4-8(10(9)19)13(20)18-17-11(14)12-15-6-3-7-16-12/h2-7,19H,1H3,(H2,14,17)(H,18,20). The summed E-state index contributed by atoms with van der Waals surface area (Å²) in [7, 11) is 1.39. The van der Waals surface area contributed by atoms with E-state index in [1.807, 2.05) is 0 Å². The van der Waals surface area contributed by atoms with E-state index in [1.54, 1.807) is 12.1 Å². The quantitative estimate of drug-likeness (QED) is 0.420. The largest absolute Gasteiger partial charge is 0.504 e. The highest BCUT2D eigenvalue weighted by Crippen LogP contribution is 2.29. The predicted molar refractivity (Wildman–Crippen MR) is 74.9 cm³/mol. The summed E-state index contributed by atoms with van der Waals surface area (Å²) >= 11 is 0. The van der Waals surface area contributed by atoms with Crippen LogP contribution >= 0.6 is 0 Å². The molecule has 0 spiro atoms. The van der Waals surface area contributed by atoms with Crippen LogP contribution in [0, 0.1) is 0 Å². The average Bonchev–Trinajstić information content (AvgIpc) is 2.53. The highest BCUT2D eigenvalue weighted by Gasteiger charge is 2.14. The van der Waals surface area contributed by atoms with Gasteiger partial charge in [-0.3, -0.25) is 4.79 Å². The molecule has 1 aromatic heterocycles. The number of aromatic nitrogens is 2. The third kappa shape index (κ3) is 3.24. The van der Waals surface area contributed by atoms with Crippen LogP contribution in [0.5, 0.6) is 11.5 Å². The molecule has 0 unspecified atom stereocenters. The molecule has 1 aromatic carbocycles. The smallest absolute Gasteiger partial charge is 0.275 e. The molecular weight excluding hydrogens is 274 g/mol. The van der Waals surface area contributed by atoms with Crippen LogP contribution in [0.3, 0.4) is 0 Å². The topological polar surface area (TPSA) is 123 Å². The first kappa shape index (κ1) is 14.3. The SMILES string of the molecule is COc1cccc(C(=O)N/N=C(\N)c2ncccn2)c1O. The van der Waals surface area contributed by atoms with Gasteiger partial charge in [0.1, 0.15) is 0 Å². The summed E-state index contributed by atoms with van der Waals surface area (Å²) in [4.78, 5) is 19.7. The number of carbonyl (C=O) groups is 1. The fourth-order valence-corrected chi connectivity index (χ4v) is 1.52. The third-order valence-electron chi connectivity index (χ3n) is 2.54. The number of hydrazone groups is 1. The lowest BCUT2D eigenvalue weighted by atomic mass is 10.2. The molecule has 0 aliphatic rings. The van der Waals surface area contributed by atoms with Crippen molar-refractivity contribution in [3.63, 3.8) is 0 Å². The van der Waals surface area contributed by atoms with Gasteiger partial charge in [-0.05, 0) is 18.2 Å². The number of hydrogen-bond acceptors (Lipinski definition) is 6. The van der Waals surface area contributed by atoms with Crippen LogP contribution in [0.25, 0.3) is 0 Å². The Morgan fingerprint density at radius 3 is 2.71 bits per heavy atom. The van der Waals surface area contributed by atoms with E-state index in [4.69, 9.17) is 10.5 Å². The molecule has 4 N–H and O–H groups in total. The van der Waals surface area contributed by atoms with Crippen molar-refractivity contribution in [3.05, 3.63) is 48.0 Å². The molecule has 0 saturated carbocycles. The van der Waals surface area contributed by atoms with Crippen LogP contribution in [0.1, 0.15) is 16.2 Å². The highest BCUT2D eigenvalue weighted by atomic mass is 16.5. The normalized spacial score (nSPS) is 11.0. The summed E-state index contributed by atoms with van der Waals surface area (Å²) in [6.45, 7) is 0. The number of para-hydroxylation sites is 1. The van der Waals surface area contributed by atoms with Gasteiger partial charge in [0.05, 0.1) is 12.7 Å². The maximum Gasteiger partial charge on any atom is 0.275 e. The van der Waals surface area contributed by atoms with Gasteiger partial charge in [-0.15, -0.1) is 0 Å². The first-order chi connectivity index (χ1) is 10.1. The van der Waals surface area contributed by atoms with Gasteiger partial charge in [0.25, 0.3) is 5.91 Å². The molecule has 21 heavy (non-hydrogen) atoms. The van der Waals surface area contributed by atoms with Gasteiger partial charge in [0, 0.05) is 12.4 Å². The molecule has 8 nitrogen and oxygen atoms in total. The predicted octanol–water partition coefficient (Wildman–Crippen LogP) is 0.241. The van der Waals surface area contributed by atoms with E-state index in [9.17, 15) is 9.90 Å². The molecule has 0 bridgehead atoms. The minimum atomic E-state index is -0.634. The van der Waals surface area contributed by atoms with Crippen molar-refractivity contribution >= 4 is 11.7 Å². The number of phenols is 1. The van der Waals surface area contributed by atoms with E-state index in [0.29, 0.717) is 0 Å². The Hall–Kier alpha value is -3.16. The monoisotopic (exact) mass is 287 g/mol. The van der Waals surface area contributed by atoms with Crippen molar-refractivity contribution in [2.24, 2.45) is 10.8 Å². The third-order valence-corrected chi connectivity index (χ3v) is 2.54. The van der Waals surface area contributed by atoms with Crippen LogP contribution in [-0.4, -0.2) is 33.9 Å². The van der Waals surface area contributed by atoms with E-state index in [-0.39, 0.29) is 28.7 Å². The number of ether oxygens (including phenoxy) is 1. The molecule has 2 aromatic rings. The fraction of sp³-hybridized carbons (Fsp3) is 0.0769. The van der Waals surface area contributed by atoms with Gasteiger partial charge in [-0.25, -0.2) is 15.4 Å². The van der Waals surface area contributed by atoms with Gasteiger partial charge in [-0.1, -0.05) is 6.07 Å². The van der Waals surface area contributed by atoms with Crippen LogP contribution in [0.15, 0.2) is 41.8 Å². The summed E-state index contributed by atoms with van der Waals surface area (Å²) in [6.07, 6.45) is 3.00. The zero-order valence-electron chi connectivity index (χ0n) is 11.1. The first-order valence-corrected chi connectivity index (χ1v) is 5.90. The van der Waals surface area contributed by atoms with Crippen molar-refractivity contribution in [3.8, 4) is 11.5 Å². The number of methoxy groups -OCH3 is 1. The van der Waals surface area contributed by atoms with Crippen molar-refractivity contribution in [1.82, 2.24) is 15.4 Å². The molecule has 0 aliphatic carbocycles. The minimum Gasteiger partial charge on any atom is -0.504 e. The number of rotatable bonds is 4. The van der Waals surface area contributed by atoms with Gasteiger partial charge in [0.15, 0.2) is 23.2 Å². The molecule has 0 saturated heterocycles. The maximum absolute atomic E-state index is 11.9. The Balaban J connectivity index is 2.16. The summed E-state index contributed by atoms with van der Waals surface area (Å²) in [5.41, 5.74) is 7.87. The van der Waals surface area contributed by atoms with Gasteiger partial charge < -0.3 is 15.6 Å². The number of benzene rings is 1. The number of amidine groups is 1. The number of hydrogen-bond donors (Lipinski definition) is 3. The molecule has 2 rings (SSSR count). The number of nitrogens with one attached hydrogen (secondary N) is 1. The van der Waals surface area contributed by atoms with Gasteiger partial charge in [-0.2, -0.15) is 5.10 Å². The Kier molecular flexibility index (Phi) is 4.30. The molecule has 0 radical (unpaired) electrons.